The molecule has 0 unspecified atom stereocenters. The van der Waals surface area contributed by atoms with Crippen molar-refractivity contribution in [2.75, 3.05) is 13.7 Å². The van der Waals surface area contributed by atoms with Crippen LogP contribution in [0.25, 0.3) is 0 Å². The number of hydrogen-bond acceptors (Lipinski definition) is 6. The predicted molar refractivity (Wildman–Crippen MR) is 96.0 cm³/mol. The Morgan fingerprint density at radius 2 is 2.04 bits per heavy atom. The summed E-state index contributed by atoms with van der Waals surface area (Å²) < 4.78 is 5.17. The van der Waals surface area contributed by atoms with Crippen LogP contribution in [0.5, 0.6) is 5.75 Å². The van der Waals surface area contributed by atoms with E-state index >= 15 is 0 Å². The van der Waals surface area contributed by atoms with Crippen LogP contribution in [-0.4, -0.2) is 51.9 Å². The molecule has 1 atom stereocenters. The Morgan fingerprint density at radius 3 is 2.71 bits per heavy atom. The van der Waals surface area contributed by atoms with Crippen molar-refractivity contribution in [1.82, 2.24) is 25.5 Å². The molecule has 0 saturated carbocycles. The molecule has 2 aromatic rings. The van der Waals surface area contributed by atoms with Crippen molar-refractivity contribution in [3.8, 4) is 17.6 Å². The Balaban J connectivity index is 1.65. The van der Waals surface area contributed by atoms with Gasteiger partial charge in [0.2, 0.25) is 11.4 Å². The molecule has 2 aliphatic rings. The molecule has 1 fully saturated rings. The fourth-order valence-electron chi connectivity index (χ4n) is 3.14. The second-order valence-electron chi connectivity index (χ2n) is 6.32. The summed E-state index contributed by atoms with van der Waals surface area (Å²) in [6.45, 7) is 0.187. The quantitative estimate of drug-likeness (QED) is 0.578. The van der Waals surface area contributed by atoms with Gasteiger partial charge in [0.05, 0.1) is 13.7 Å². The highest BCUT2D eigenvalue weighted by molar-refractivity contribution is 6.10. The molecule has 3 heterocycles. The number of amides is 4. The van der Waals surface area contributed by atoms with Crippen molar-refractivity contribution in [1.29, 1.82) is 0 Å². The smallest absolute Gasteiger partial charge is 0.323 e. The zero-order chi connectivity index (χ0) is 19.7. The van der Waals surface area contributed by atoms with Crippen LogP contribution in [-0.2, 0) is 11.3 Å². The van der Waals surface area contributed by atoms with Crippen LogP contribution in [0, 0.1) is 11.8 Å². The second-order valence-corrected chi connectivity index (χ2v) is 6.32. The summed E-state index contributed by atoms with van der Waals surface area (Å²) in [5, 5.41) is 4.72. The Morgan fingerprint density at radius 1 is 1.25 bits per heavy atom. The van der Waals surface area contributed by atoms with Gasteiger partial charge in [0.15, 0.2) is 0 Å². The molecule has 1 aromatic heterocycles. The van der Waals surface area contributed by atoms with Crippen molar-refractivity contribution in [3.05, 3.63) is 53.6 Å². The van der Waals surface area contributed by atoms with E-state index in [1.54, 1.807) is 24.3 Å². The second kappa shape index (κ2) is 6.66. The summed E-state index contributed by atoms with van der Waals surface area (Å²) in [4.78, 5) is 46.5. The van der Waals surface area contributed by atoms with Gasteiger partial charge in [-0.05, 0) is 29.7 Å². The highest BCUT2D eigenvalue weighted by Gasteiger charge is 2.48. The highest BCUT2D eigenvalue weighted by Crippen LogP contribution is 2.28. The van der Waals surface area contributed by atoms with E-state index in [4.69, 9.17) is 4.74 Å². The molecule has 28 heavy (non-hydrogen) atoms. The van der Waals surface area contributed by atoms with E-state index in [1.165, 1.54) is 24.4 Å². The van der Waals surface area contributed by atoms with Gasteiger partial charge in [0.1, 0.15) is 5.75 Å². The SMILES string of the molecule is COc1ccc2c(c1)C(=O)N(C[C@]1(C#Cc3ncccn3)NC(=O)NC1=O)C2. The zero-order valence-electron chi connectivity index (χ0n) is 14.9. The van der Waals surface area contributed by atoms with Crippen molar-refractivity contribution in [3.63, 3.8) is 0 Å². The lowest BCUT2D eigenvalue weighted by atomic mass is 10.00. The molecule has 0 aliphatic carbocycles. The first-order valence-corrected chi connectivity index (χ1v) is 8.41. The summed E-state index contributed by atoms with van der Waals surface area (Å²) in [5.74, 6) is 5.34. The normalized spacial score (nSPS) is 20.2. The maximum absolute atomic E-state index is 12.8. The summed E-state index contributed by atoms with van der Waals surface area (Å²) >= 11 is 0. The highest BCUT2D eigenvalue weighted by atomic mass is 16.5. The van der Waals surface area contributed by atoms with Gasteiger partial charge < -0.3 is 15.0 Å². The van der Waals surface area contributed by atoms with E-state index in [0.717, 1.165) is 5.56 Å². The Labute approximate surface area is 160 Å². The van der Waals surface area contributed by atoms with Crippen LogP contribution in [0.4, 0.5) is 4.79 Å². The lowest BCUT2D eigenvalue weighted by Crippen LogP contribution is -2.54. The van der Waals surface area contributed by atoms with Gasteiger partial charge in [-0.15, -0.1) is 0 Å². The number of nitrogens with zero attached hydrogens (tertiary/aromatic N) is 3. The van der Waals surface area contributed by atoms with E-state index in [1.807, 2.05) is 0 Å². The molecule has 9 nitrogen and oxygen atoms in total. The van der Waals surface area contributed by atoms with Crippen LogP contribution >= 0.6 is 0 Å². The summed E-state index contributed by atoms with van der Waals surface area (Å²) in [6, 6.07) is 6.19. The fraction of sp³-hybridized carbons (Fsp3) is 0.211. The average molecular weight is 377 g/mol. The first kappa shape index (κ1) is 17.5. The Hall–Kier alpha value is -3.93. The van der Waals surface area contributed by atoms with E-state index in [0.29, 0.717) is 17.9 Å². The minimum atomic E-state index is -1.59. The molecule has 0 spiro atoms. The molecular weight excluding hydrogens is 362 g/mol. The van der Waals surface area contributed by atoms with Gasteiger partial charge in [-0.3, -0.25) is 14.9 Å². The molecule has 140 valence electrons. The third-order valence-corrected chi connectivity index (χ3v) is 4.52. The number of rotatable bonds is 3. The van der Waals surface area contributed by atoms with Crippen LogP contribution in [0.1, 0.15) is 21.7 Å². The van der Waals surface area contributed by atoms with Gasteiger partial charge >= 0.3 is 6.03 Å². The first-order chi connectivity index (χ1) is 13.5. The van der Waals surface area contributed by atoms with Crippen molar-refractivity contribution >= 4 is 17.8 Å². The fourth-order valence-corrected chi connectivity index (χ4v) is 3.14. The molecule has 1 aromatic carbocycles. The largest absolute Gasteiger partial charge is 0.497 e. The zero-order valence-corrected chi connectivity index (χ0v) is 14.9. The molecule has 0 bridgehead atoms. The van der Waals surface area contributed by atoms with Crippen molar-refractivity contribution in [2.45, 2.75) is 12.1 Å². The number of nitrogens with one attached hydrogen (secondary N) is 2. The predicted octanol–water partition coefficient (Wildman–Crippen LogP) is 0.0709. The maximum atomic E-state index is 12.8. The molecular formula is C19H15N5O4. The van der Waals surface area contributed by atoms with Crippen molar-refractivity contribution in [2.24, 2.45) is 0 Å². The minimum Gasteiger partial charge on any atom is -0.497 e. The van der Waals surface area contributed by atoms with Crippen molar-refractivity contribution < 1.29 is 19.1 Å². The van der Waals surface area contributed by atoms with E-state index in [9.17, 15) is 14.4 Å². The number of carbonyl (C=O) groups excluding carboxylic acids is 3. The standard InChI is InChI=1S/C19H15N5O4/c1-28-13-4-3-12-10-24(16(25)14(12)9-13)11-19(17(26)22-18(27)23-19)6-5-15-20-7-2-8-21-15/h2-4,7-9H,10-11H2,1H3,(H2,22,23,26,27)/t19-/m0/s1. The lowest BCUT2D eigenvalue weighted by molar-refractivity contribution is -0.122. The molecule has 1 saturated heterocycles. The van der Waals surface area contributed by atoms with Gasteiger partial charge in [0, 0.05) is 24.5 Å². The average Bonchev–Trinajstić information content (AvgIpc) is 3.16. The Bertz CT molecular complexity index is 1040. The molecule has 2 aliphatic heterocycles. The first-order valence-electron chi connectivity index (χ1n) is 8.41. The van der Waals surface area contributed by atoms with Gasteiger partial charge in [-0.1, -0.05) is 12.0 Å². The number of imide groups is 1. The van der Waals surface area contributed by atoms with E-state index in [2.05, 4.69) is 32.4 Å². The van der Waals surface area contributed by atoms with Crippen LogP contribution < -0.4 is 15.4 Å². The van der Waals surface area contributed by atoms with Gasteiger partial charge in [-0.2, -0.15) is 0 Å². The van der Waals surface area contributed by atoms with E-state index in [-0.39, 0.29) is 18.3 Å². The summed E-state index contributed by atoms with van der Waals surface area (Å²) in [6.07, 6.45) is 3.04. The number of fused-ring (bicyclic) bond motifs is 1. The number of urea groups is 1. The van der Waals surface area contributed by atoms with Crippen LogP contribution in [0.15, 0.2) is 36.7 Å². The van der Waals surface area contributed by atoms with Crippen LogP contribution in [0.3, 0.4) is 0 Å². The van der Waals surface area contributed by atoms with Gasteiger partial charge in [-0.25, -0.2) is 14.8 Å². The Kier molecular flexibility index (Phi) is 4.16. The monoisotopic (exact) mass is 377 g/mol. The number of methoxy groups -OCH3 is 1. The number of aromatic nitrogens is 2. The van der Waals surface area contributed by atoms with E-state index < -0.39 is 17.5 Å². The third-order valence-electron chi connectivity index (χ3n) is 4.52. The molecule has 4 amide bonds. The number of hydrogen-bond donors (Lipinski definition) is 2. The molecule has 9 heteroatoms. The molecule has 2 N–H and O–H groups in total. The van der Waals surface area contributed by atoms with Crippen LogP contribution in [0.2, 0.25) is 0 Å². The maximum Gasteiger partial charge on any atom is 0.323 e. The number of benzene rings is 1. The molecule has 4 rings (SSSR count). The lowest BCUT2D eigenvalue weighted by Gasteiger charge is -2.26. The van der Waals surface area contributed by atoms with Gasteiger partial charge in [0.25, 0.3) is 11.8 Å². The minimum absolute atomic E-state index is 0.111. The topological polar surface area (TPSA) is 114 Å². The summed E-state index contributed by atoms with van der Waals surface area (Å²) in [5.41, 5.74) is -0.276. The summed E-state index contributed by atoms with van der Waals surface area (Å²) in [7, 11) is 1.52. The third kappa shape index (κ3) is 3.01. The number of carbonyl (C=O) groups is 3. The number of ether oxygens (including phenoxy) is 1. The molecule has 0 radical (unpaired) electrons.